The van der Waals surface area contributed by atoms with Crippen LogP contribution in [0.4, 0.5) is 5.69 Å². The van der Waals surface area contributed by atoms with Gasteiger partial charge in [0.25, 0.3) is 5.69 Å². The van der Waals surface area contributed by atoms with Gasteiger partial charge in [-0.05, 0) is 42.3 Å². The Morgan fingerprint density at radius 2 is 1.95 bits per heavy atom. The number of aromatic nitrogens is 1. The standard InChI is InChI=1S/C16H12N4O2/c1-11-13(8-16(10-18)19(11)2)7-14(9-17)12-3-5-15(6-4-12)20(21)22/h3-8H,1-2H3/b14-7+. The van der Waals surface area contributed by atoms with Gasteiger partial charge in [0.1, 0.15) is 11.8 Å². The second-order valence-electron chi connectivity index (χ2n) is 4.71. The molecule has 0 N–H and O–H groups in total. The van der Waals surface area contributed by atoms with E-state index in [4.69, 9.17) is 5.26 Å². The highest BCUT2D eigenvalue weighted by Crippen LogP contribution is 2.23. The molecule has 6 nitrogen and oxygen atoms in total. The molecule has 0 spiro atoms. The van der Waals surface area contributed by atoms with Crippen molar-refractivity contribution >= 4 is 17.3 Å². The van der Waals surface area contributed by atoms with Gasteiger partial charge in [0.2, 0.25) is 0 Å². The minimum Gasteiger partial charge on any atom is -0.339 e. The SMILES string of the molecule is Cc1c(/C=C(\C#N)c2ccc([N+](=O)[O-])cc2)cc(C#N)n1C. The Morgan fingerprint density at radius 1 is 1.32 bits per heavy atom. The van der Waals surface area contributed by atoms with Gasteiger partial charge in [-0.15, -0.1) is 0 Å². The zero-order valence-electron chi connectivity index (χ0n) is 12.1. The van der Waals surface area contributed by atoms with Crippen LogP contribution in [0, 0.1) is 39.7 Å². The summed E-state index contributed by atoms with van der Waals surface area (Å²) in [6.07, 6.45) is 1.68. The van der Waals surface area contributed by atoms with Gasteiger partial charge in [-0.3, -0.25) is 10.1 Å². The molecule has 0 saturated heterocycles. The first-order chi connectivity index (χ1) is 10.5. The largest absolute Gasteiger partial charge is 0.339 e. The molecular formula is C16H12N4O2. The number of nitriles is 2. The molecule has 0 aliphatic heterocycles. The Balaban J connectivity index is 2.46. The van der Waals surface area contributed by atoms with Crippen molar-refractivity contribution in [2.45, 2.75) is 6.92 Å². The summed E-state index contributed by atoms with van der Waals surface area (Å²) in [7, 11) is 1.78. The van der Waals surface area contributed by atoms with Crippen molar-refractivity contribution < 1.29 is 4.92 Å². The van der Waals surface area contributed by atoms with Gasteiger partial charge in [-0.1, -0.05) is 0 Å². The first kappa shape index (κ1) is 15.0. The molecule has 0 radical (unpaired) electrons. The monoisotopic (exact) mass is 292 g/mol. The maximum absolute atomic E-state index is 10.7. The molecule has 0 unspecified atom stereocenters. The number of rotatable bonds is 3. The third-order valence-electron chi connectivity index (χ3n) is 3.50. The number of benzene rings is 1. The molecule has 0 fully saturated rings. The van der Waals surface area contributed by atoms with E-state index >= 15 is 0 Å². The molecule has 22 heavy (non-hydrogen) atoms. The van der Waals surface area contributed by atoms with E-state index in [9.17, 15) is 15.4 Å². The molecule has 0 aliphatic rings. The van der Waals surface area contributed by atoms with E-state index in [0.29, 0.717) is 16.8 Å². The van der Waals surface area contributed by atoms with Crippen LogP contribution in [0.15, 0.2) is 30.3 Å². The number of allylic oxidation sites excluding steroid dienone is 1. The number of hydrogen-bond acceptors (Lipinski definition) is 4. The number of nitrogens with zero attached hydrogens (tertiary/aromatic N) is 4. The average molecular weight is 292 g/mol. The molecule has 0 aliphatic carbocycles. The molecule has 1 aromatic carbocycles. The Hall–Kier alpha value is -3.38. The molecule has 1 heterocycles. The number of hydrogen-bond donors (Lipinski definition) is 0. The zero-order chi connectivity index (χ0) is 16.3. The summed E-state index contributed by atoms with van der Waals surface area (Å²) in [6, 6.07) is 11.7. The lowest BCUT2D eigenvalue weighted by Crippen LogP contribution is -1.93. The summed E-state index contributed by atoms with van der Waals surface area (Å²) in [6.45, 7) is 1.86. The van der Waals surface area contributed by atoms with Gasteiger partial charge in [-0.2, -0.15) is 10.5 Å². The van der Waals surface area contributed by atoms with E-state index in [1.807, 2.05) is 6.92 Å². The Labute approximate surface area is 127 Å². The van der Waals surface area contributed by atoms with Gasteiger partial charge < -0.3 is 4.57 Å². The number of non-ortho nitro benzene ring substituents is 1. The second kappa shape index (κ2) is 5.94. The molecule has 0 atom stereocenters. The predicted molar refractivity (Wildman–Crippen MR) is 81.4 cm³/mol. The summed E-state index contributed by atoms with van der Waals surface area (Å²) < 4.78 is 1.75. The Morgan fingerprint density at radius 3 is 2.41 bits per heavy atom. The van der Waals surface area contributed by atoms with E-state index in [1.54, 1.807) is 23.8 Å². The predicted octanol–water partition coefficient (Wildman–Crippen LogP) is 3.18. The molecule has 0 amide bonds. The first-order valence-electron chi connectivity index (χ1n) is 6.41. The molecule has 1 aromatic heterocycles. The van der Waals surface area contributed by atoms with Gasteiger partial charge in [0.05, 0.1) is 16.6 Å². The zero-order valence-corrected chi connectivity index (χ0v) is 12.1. The minimum atomic E-state index is -0.486. The van der Waals surface area contributed by atoms with Gasteiger partial charge in [0, 0.05) is 24.9 Å². The van der Waals surface area contributed by atoms with Crippen molar-refractivity contribution in [2.75, 3.05) is 0 Å². The van der Waals surface area contributed by atoms with Gasteiger partial charge in [0.15, 0.2) is 0 Å². The Bertz CT molecular complexity index is 846. The van der Waals surface area contributed by atoms with E-state index < -0.39 is 4.92 Å². The quantitative estimate of drug-likeness (QED) is 0.493. The molecule has 2 aromatic rings. The normalized spacial score (nSPS) is 10.8. The first-order valence-corrected chi connectivity index (χ1v) is 6.41. The average Bonchev–Trinajstić information content (AvgIpc) is 2.80. The third-order valence-corrected chi connectivity index (χ3v) is 3.50. The van der Waals surface area contributed by atoms with E-state index in [-0.39, 0.29) is 5.69 Å². The summed E-state index contributed by atoms with van der Waals surface area (Å²) in [5, 5.41) is 29.0. The van der Waals surface area contributed by atoms with Crippen LogP contribution in [-0.2, 0) is 7.05 Å². The third kappa shape index (κ3) is 2.72. The van der Waals surface area contributed by atoms with Crippen LogP contribution in [0.1, 0.15) is 22.5 Å². The minimum absolute atomic E-state index is 0.0244. The summed E-state index contributed by atoms with van der Waals surface area (Å²) >= 11 is 0. The fraction of sp³-hybridized carbons (Fsp3) is 0.125. The Kier molecular flexibility index (Phi) is 4.06. The topological polar surface area (TPSA) is 95.7 Å². The number of nitro benzene ring substituents is 1. The fourth-order valence-corrected chi connectivity index (χ4v) is 2.07. The van der Waals surface area contributed by atoms with Crippen LogP contribution in [-0.4, -0.2) is 9.49 Å². The lowest BCUT2D eigenvalue weighted by atomic mass is 10.0. The lowest BCUT2D eigenvalue weighted by molar-refractivity contribution is -0.384. The molecule has 2 rings (SSSR count). The van der Waals surface area contributed by atoms with Crippen LogP contribution in [0.3, 0.4) is 0 Å². The van der Waals surface area contributed by atoms with Crippen molar-refractivity contribution in [3.63, 3.8) is 0 Å². The van der Waals surface area contributed by atoms with Crippen molar-refractivity contribution in [3.05, 3.63) is 63.0 Å². The van der Waals surface area contributed by atoms with Crippen molar-refractivity contribution in [2.24, 2.45) is 7.05 Å². The van der Waals surface area contributed by atoms with Crippen LogP contribution in [0.25, 0.3) is 11.6 Å². The van der Waals surface area contributed by atoms with Crippen LogP contribution >= 0.6 is 0 Å². The molecule has 108 valence electrons. The summed E-state index contributed by atoms with van der Waals surface area (Å²) in [4.78, 5) is 10.2. The molecular weight excluding hydrogens is 280 g/mol. The molecule has 6 heteroatoms. The van der Waals surface area contributed by atoms with E-state index in [1.165, 1.54) is 24.3 Å². The second-order valence-corrected chi connectivity index (χ2v) is 4.71. The van der Waals surface area contributed by atoms with Crippen LogP contribution in [0.2, 0.25) is 0 Å². The van der Waals surface area contributed by atoms with Crippen molar-refractivity contribution in [3.8, 4) is 12.1 Å². The van der Waals surface area contributed by atoms with Crippen LogP contribution in [0.5, 0.6) is 0 Å². The smallest absolute Gasteiger partial charge is 0.269 e. The fourth-order valence-electron chi connectivity index (χ4n) is 2.07. The summed E-state index contributed by atoms with van der Waals surface area (Å²) in [5.74, 6) is 0. The van der Waals surface area contributed by atoms with Gasteiger partial charge in [-0.25, -0.2) is 0 Å². The molecule has 0 saturated carbocycles. The number of nitro groups is 1. The highest BCUT2D eigenvalue weighted by Gasteiger charge is 2.10. The van der Waals surface area contributed by atoms with Crippen molar-refractivity contribution in [1.82, 2.24) is 4.57 Å². The van der Waals surface area contributed by atoms with E-state index in [0.717, 1.165) is 11.3 Å². The van der Waals surface area contributed by atoms with E-state index in [2.05, 4.69) is 12.1 Å². The maximum atomic E-state index is 10.7. The highest BCUT2D eigenvalue weighted by atomic mass is 16.6. The summed E-state index contributed by atoms with van der Waals surface area (Å²) in [5.41, 5.74) is 3.09. The highest BCUT2D eigenvalue weighted by molar-refractivity contribution is 5.90. The van der Waals surface area contributed by atoms with Gasteiger partial charge >= 0.3 is 0 Å². The molecule has 0 bridgehead atoms. The maximum Gasteiger partial charge on any atom is 0.269 e. The van der Waals surface area contributed by atoms with Crippen molar-refractivity contribution in [1.29, 1.82) is 10.5 Å². The van der Waals surface area contributed by atoms with Crippen LogP contribution < -0.4 is 0 Å². The lowest BCUT2D eigenvalue weighted by Gasteiger charge is -2.01.